The van der Waals surface area contributed by atoms with Crippen LogP contribution in [0.1, 0.15) is 65.7 Å². The van der Waals surface area contributed by atoms with Crippen molar-refractivity contribution in [3.05, 3.63) is 29.3 Å². The van der Waals surface area contributed by atoms with Gasteiger partial charge in [0.2, 0.25) is 5.91 Å². The third kappa shape index (κ3) is 6.88. The van der Waals surface area contributed by atoms with Gasteiger partial charge in [0, 0.05) is 56.7 Å². The number of aliphatic hydroxyl groups is 2. The van der Waals surface area contributed by atoms with Crippen LogP contribution in [0, 0.1) is 0 Å². The number of rotatable bonds is 11. The van der Waals surface area contributed by atoms with Gasteiger partial charge >= 0.3 is 0 Å². The third-order valence-corrected chi connectivity index (χ3v) is 8.03. The molecule has 0 bridgehead atoms. The lowest BCUT2D eigenvalue weighted by molar-refractivity contribution is -0.133. The SMILES string of the molecule is O=C(CCCCCCBr)N1CCN(CCNc2ccc3c(c2)C(=O)N(C2CCC(O)NC2O)C3=O)CC1. The second kappa shape index (κ2) is 13.1. The zero-order chi connectivity index (χ0) is 26.4. The summed E-state index contributed by atoms with van der Waals surface area (Å²) < 4.78 is 0. The Morgan fingerprint density at radius 2 is 1.73 bits per heavy atom. The van der Waals surface area contributed by atoms with E-state index < -0.39 is 30.3 Å². The number of unbranched alkanes of at least 4 members (excludes halogenated alkanes) is 3. The van der Waals surface area contributed by atoms with Gasteiger partial charge in [0.1, 0.15) is 12.5 Å². The van der Waals surface area contributed by atoms with Crippen molar-refractivity contribution in [1.82, 2.24) is 20.0 Å². The van der Waals surface area contributed by atoms with Crippen molar-refractivity contribution in [1.29, 1.82) is 0 Å². The molecule has 3 aliphatic heterocycles. The highest BCUT2D eigenvalue weighted by Gasteiger charge is 2.44. The van der Waals surface area contributed by atoms with Crippen molar-refractivity contribution in [2.45, 2.75) is 63.4 Å². The summed E-state index contributed by atoms with van der Waals surface area (Å²) in [4.78, 5) is 43.8. The van der Waals surface area contributed by atoms with Crippen molar-refractivity contribution in [3.8, 4) is 0 Å². The minimum atomic E-state index is -1.16. The van der Waals surface area contributed by atoms with Crippen molar-refractivity contribution in [2.75, 3.05) is 49.9 Å². The number of imide groups is 1. The van der Waals surface area contributed by atoms with E-state index in [0.29, 0.717) is 36.9 Å². The molecule has 2 saturated heterocycles. The summed E-state index contributed by atoms with van der Waals surface area (Å²) in [5.41, 5.74) is 1.42. The summed E-state index contributed by atoms with van der Waals surface area (Å²) in [5.74, 6) is -0.578. The number of carbonyl (C=O) groups excluding carboxylic acids is 3. The van der Waals surface area contributed by atoms with Crippen molar-refractivity contribution in [2.24, 2.45) is 0 Å². The number of halogens is 1. The Bertz CT molecular complexity index is 971. The number of hydrogen-bond donors (Lipinski definition) is 4. The fourth-order valence-corrected chi connectivity index (χ4v) is 5.68. The van der Waals surface area contributed by atoms with Gasteiger partial charge in [-0.05, 0) is 43.9 Å². The highest BCUT2D eigenvalue weighted by molar-refractivity contribution is 9.09. The summed E-state index contributed by atoms with van der Waals surface area (Å²) in [6, 6.07) is 4.43. The molecule has 1 aromatic carbocycles. The maximum Gasteiger partial charge on any atom is 0.262 e. The Hall–Kier alpha value is -2.05. The molecule has 0 aliphatic carbocycles. The molecule has 1 aromatic rings. The van der Waals surface area contributed by atoms with Gasteiger partial charge in [0.15, 0.2) is 0 Å². The van der Waals surface area contributed by atoms with Crippen LogP contribution in [-0.4, -0.2) is 106 Å². The van der Waals surface area contributed by atoms with Gasteiger partial charge in [0.25, 0.3) is 11.8 Å². The average molecular weight is 581 g/mol. The molecule has 4 rings (SSSR count). The molecule has 4 N–H and O–H groups in total. The fourth-order valence-electron chi connectivity index (χ4n) is 5.28. The molecule has 10 nitrogen and oxygen atoms in total. The van der Waals surface area contributed by atoms with Gasteiger partial charge in [-0.3, -0.25) is 29.5 Å². The van der Waals surface area contributed by atoms with E-state index in [0.717, 1.165) is 67.9 Å². The number of fused-ring (bicyclic) bond motifs is 1. The van der Waals surface area contributed by atoms with Crippen LogP contribution in [-0.2, 0) is 4.79 Å². The van der Waals surface area contributed by atoms with Gasteiger partial charge in [-0.1, -0.05) is 28.8 Å². The van der Waals surface area contributed by atoms with Gasteiger partial charge in [0.05, 0.1) is 17.2 Å². The van der Waals surface area contributed by atoms with Crippen molar-refractivity contribution >= 4 is 39.3 Å². The molecule has 204 valence electrons. The van der Waals surface area contributed by atoms with E-state index in [9.17, 15) is 24.6 Å². The largest absolute Gasteiger partial charge is 0.384 e. The number of benzene rings is 1. The van der Waals surface area contributed by atoms with Gasteiger partial charge in [-0.15, -0.1) is 0 Å². The van der Waals surface area contributed by atoms with Crippen LogP contribution in [0.4, 0.5) is 5.69 Å². The number of carbonyl (C=O) groups is 3. The highest BCUT2D eigenvalue weighted by atomic mass is 79.9. The zero-order valence-corrected chi connectivity index (χ0v) is 22.8. The first-order valence-corrected chi connectivity index (χ1v) is 14.4. The minimum absolute atomic E-state index is 0.260. The standard InChI is InChI=1S/C26H38BrN5O5/c27-10-4-2-1-3-5-23(34)31-15-13-30(14-16-31)12-11-28-18-6-7-19-20(17-18)26(37)32(25(19)36)21-8-9-22(33)29-24(21)35/h6-7,17,21-22,24,28-29,33,35H,1-5,8-16H2. The van der Waals surface area contributed by atoms with E-state index in [1.807, 2.05) is 4.90 Å². The summed E-state index contributed by atoms with van der Waals surface area (Å²) in [6.07, 6.45) is 3.70. The molecule has 0 spiro atoms. The fraction of sp³-hybridized carbons (Fsp3) is 0.654. The topological polar surface area (TPSA) is 125 Å². The second-order valence-corrected chi connectivity index (χ2v) is 10.8. The van der Waals surface area contributed by atoms with Crippen molar-refractivity contribution in [3.63, 3.8) is 0 Å². The summed E-state index contributed by atoms with van der Waals surface area (Å²) in [7, 11) is 0. The van der Waals surface area contributed by atoms with Crippen LogP contribution in [0.3, 0.4) is 0 Å². The molecule has 3 atom stereocenters. The monoisotopic (exact) mass is 579 g/mol. The average Bonchev–Trinajstić information content (AvgIpc) is 3.13. The summed E-state index contributed by atoms with van der Waals surface area (Å²) >= 11 is 3.44. The van der Waals surface area contributed by atoms with Crippen LogP contribution in [0.2, 0.25) is 0 Å². The predicted octanol–water partition coefficient (Wildman–Crippen LogP) is 1.57. The Balaban J connectivity index is 1.21. The highest BCUT2D eigenvalue weighted by Crippen LogP contribution is 2.30. The maximum absolute atomic E-state index is 13.0. The number of amides is 3. The number of nitrogens with one attached hydrogen (secondary N) is 2. The Kier molecular flexibility index (Phi) is 9.94. The van der Waals surface area contributed by atoms with E-state index in [2.05, 4.69) is 31.5 Å². The van der Waals surface area contributed by atoms with Gasteiger partial charge in [-0.25, -0.2) is 0 Å². The van der Waals surface area contributed by atoms with Crippen LogP contribution >= 0.6 is 15.9 Å². The molecule has 3 heterocycles. The van der Waals surface area contributed by atoms with E-state index in [1.54, 1.807) is 18.2 Å². The lowest BCUT2D eigenvalue weighted by Gasteiger charge is -2.36. The lowest BCUT2D eigenvalue weighted by Crippen LogP contribution is -2.58. The normalized spacial score (nSPS) is 24.5. The molecular weight excluding hydrogens is 542 g/mol. The van der Waals surface area contributed by atoms with Crippen LogP contribution in [0.5, 0.6) is 0 Å². The Morgan fingerprint density at radius 3 is 2.46 bits per heavy atom. The predicted molar refractivity (Wildman–Crippen MR) is 144 cm³/mol. The van der Waals surface area contributed by atoms with Gasteiger partial charge in [-0.2, -0.15) is 0 Å². The summed E-state index contributed by atoms with van der Waals surface area (Å²) in [5, 5.41) is 26.9. The Morgan fingerprint density at radius 1 is 1.00 bits per heavy atom. The second-order valence-electron chi connectivity index (χ2n) is 10.0. The lowest BCUT2D eigenvalue weighted by atomic mass is 10.0. The third-order valence-electron chi connectivity index (χ3n) is 7.47. The first-order chi connectivity index (χ1) is 17.9. The number of piperazine rings is 1. The molecule has 3 aliphatic rings. The van der Waals surface area contributed by atoms with Crippen molar-refractivity contribution < 1.29 is 24.6 Å². The number of piperidine rings is 1. The number of aliphatic hydroxyl groups excluding tert-OH is 2. The van der Waals surface area contributed by atoms with Crippen LogP contribution < -0.4 is 10.6 Å². The van der Waals surface area contributed by atoms with E-state index in [1.165, 1.54) is 6.42 Å². The molecule has 3 unspecified atom stereocenters. The number of nitrogens with zero attached hydrogens (tertiary/aromatic N) is 3. The summed E-state index contributed by atoms with van der Waals surface area (Å²) in [6.45, 7) is 4.68. The first kappa shape index (κ1) is 28.0. The number of hydrogen-bond acceptors (Lipinski definition) is 8. The quantitative estimate of drug-likeness (QED) is 0.177. The van der Waals surface area contributed by atoms with Crippen LogP contribution in [0.25, 0.3) is 0 Å². The number of anilines is 1. The molecule has 11 heteroatoms. The molecule has 3 amide bonds. The Labute approximate surface area is 226 Å². The molecule has 0 saturated carbocycles. The van der Waals surface area contributed by atoms with Gasteiger partial charge < -0.3 is 20.4 Å². The minimum Gasteiger partial charge on any atom is -0.384 e. The maximum atomic E-state index is 13.0. The van der Waals surface area contributed by atoms with E-state index in [4.69, 9.17) is 0 Å². The zero-order valence-electron chi connectivity index (χ0n) is 21.2. The molecule has 37 heavy (non-hydrogen) atoms. The molecular formula is C26H38BrN5O5. The molecule has 0 aromatic heterocycles. The number of alkyl halides is 1. The van der Waals surface area contributed by atoms with E-state index >= 15 is 0 Å². The smallest absolute Gasteiger partial charge is 0.262 e. The molecule has 0 radical (unpaired) electrons. The first-order valence-electron chi connectivity index (χ1n) is 13.3. The van der Waals surface area contributed by atoms with Crippen LogP contribution in [0.15, 0.2) is 18.2 Å². The van der Waals surface area contributed by atoms with E-state index in [-0.39, 0.29) is 5.91 Å². The molecule has 2 fully saturated rings.